The van der Waals surface area contributed by atoms with E-state index in [0.717, 1.165) is 43.0 Å². The first-order valence-corrected chi connectivity index (χ1v) is 14.9. The van der Waals surface area contributed by atoms with Gasteiger partial charge >= 0.3 is 0 Å². The molecule has 1 saturated heterocycles. The van der Waals surface area contributed by atoms with Gasteiger partial charge in [-0.05, 0) is 75.6 Å². The summed E-state index contributed by atoms with van der Waals surface area (Å²) in [6.07, 6.45) is 6.15. The molecule has 1 aliphatic heterocycles. The summed E-state index contributed by atoms with van der Waals surface area (Å²) in [7, 11) is 0. The molecule has 0 spiro atoms. The first-order valence-electron chi connectivity index (χ1n) is 14.1. The van der Waals surface area contributed by atoms with Gasteiger partial charge in [0.1, 0.15) is 30.1 Å². The minimum absolute atomic E-state index is 0.0959. The van der Waals surface area contributed by atoms with Gasteiger partial charge in [0.15, 0.2) is 6.61 Å². The minimum atomic E-state index is -0.679. The van der Waals surface area contributed by atoms with Crippen LogP contribution in [0.4, 0.5) is 20.4 Å². The van der Waals surface area contributed by atoms with Gasteiger partial charge in [-0.1, -0.05) is 30.2 Å². The van der Waals surface area contributed by atoms with Crippen LogP contribution in [0, 0.1) is 24.0 Å². The lowest BCUT2D eigenvalue weighted by Gasteiger charge is -2.40. The summed E-state index contributed by atoms with van der Waals surface area (Å²) in [5.41, 5.74) is 2.65. The molecule has 11 heteroatoms. The molecule has 0 bridgehead atoms. The highest BCUT2D eigenvalue weighted by Gasteiger charge is 2.27. The number of piperazine rings is 1. The maximum Gasteiger partial charge on any atom is 0.233 e. The van der Waals surface area contributed by atoms with Gasteiger partial charge in [0.05, 0.1) is 16.7 Å². The van der Waals surface area contributed by atoms with Gasteiger partial charge in [0, 0.05) is 38.4 Å². The number of anilines is 2. The SMILES string of the molecule is C#CCOc1nc(Nc2ccc(OCC(O)CN3CCN(C(c4ccc(F)cc4)c4ccc(F)cc4)CC3)cc2)ncc1Br. The maximum absolute atomic E-state index is 13.6. The summed E-state index contributed by atoms with van der Waals surface area (Å²) in [5, 5.41) is 13.8. The standard InChI is InChI=1S/C33H32BrF2N5O3/c1-2-19-43-32-30(34)20-37-33(39-32)38-27-11-13-29(14-12-27)44-22-28(42)21-40-15-17-41(18-16-40)31(23-3-7-25(35)8-4-23)24-5-9-26(36)10-6-24/h1,3-14,20,28,31,42H,15-19,21-22H2,(H,37,38,39). The monoisotopic (exact) mass is 663 g/mol. The average molecular weight is 665 g/mol. The molecule has 1 aromatic heterocycles. The van der Waals surface area contributed by atoms with Crippen LogP contribution in [0.1, 0.15) is 17.2 Å². The number of aliphatic hydroxyl groups excluding tert-OH is 1. The smallest absolute Gasteiger partial charge is 0.233 e. The molecular formula is C33H32BrF2N5O3. The van der Waals surface area contributed by atoms with Gasteiger partial charge in [-0.2, -0.15) is 4.98 Å². The van der Waals surface area contributed by atoms with E-state index in [-0.39, 0.29) is 30.9 Å². The third kappa shape index (κ3) is 8.51. The Balaban J connectivity index is 1.10. The normalized spacial score (nSPS) is 14.6. The molecule has 1 unspecified atom stereocenters. The third-order valence-corrected chi connectivity index (χ3v) is 7.71. The molecule has 0 aliphatic carbocycles. The van der Waals surface area contributed by atoms with E-state index < -0.39 is 6.10 Å². The number of nitrogens with zero attached hydrogens (tertiary/aromatic N) is 4. The van der Waals surface area contributed by atoms with Crippen molar-refractivity contribution in [3.05, 3.63) is 106 Å². The van der Waals surface area contributed by atoms with Crippen LogP contribution in [0.3, 0.4) is 0 Å². The lowest BCUT2D eigenvalue weighted by atomic mass is 9.96. The van der Waals surface area contributed by atoms with E-state index in [2.05, 4.69) is 46.9 Å². The largest absolute Gasteiger partial charge is 0.491 e. The Morgan fingerprint density at radius 3 is 2.11 bits per heavy atom. The van der Waals surface area contributed by atoms with Crippen molar-refractivity contribution < 1.29 is 23.4 Å². The quantitative estimate of drug-likeness (QED) is 0.195. The molecule has 0 radical (unpaired) electrons. The summed E-state index contributed by atoms with van der Waals surface area (Å²) >= 11 is 3.34. The van der Waals surface area contributed by atoms with Gasteiger partial charge in [-0.3, -0.25) is 9.80 Å². The van der Waals surface area contributed by atoms with Crippen LogP contribution < -0.4 is 14.8 Å². The lowest BCUT2D eigenvalue weighted by molar-refractivity contribution is 0.0401. The molecule has 3 aromatic carbocycles. The molecule has 2 heterocycles. The van der Waals surface area contributed by atoms with Crippen LogP contribution >= 0.6 is 15.9 Å². The predicted molar refractivity (Wildman–Crippen MR) is 168 cm³/mol. The van der Waals surface area contributed by atoms with Gasteiger partial charge in [0.25, 0.3) is 0 Å². The highest BCUT2D eigenvalue weighted by atomic mass is 79.9. The topological polar surface area (TPSA) is 83.0 Å². The van der Waals surface area contributed by atoms with Crippen molar-refractivity contribution >= 4 is 27.6 Å². The van der Waals surface area contributed by atoms with Crippen LogP contribution in [0.5, 0.6) is 11.6 Å². The number of hydrogen-bond acceptors (Lipinski definition) is 8. The number of rotatable bonds is 12. The van der Waals surface area contributed by atoms with E-state index >= 15 is 0 Å². The van der Waals surface area contributed by atoms with Crippen molar-refractivity contribution in [2.45, 2.75) is 12.1 Å². The number of hydrogen-bond donors (Lipinski definition) is 2. The number of aliphatic hydroxyl groups is 1. The Labute approximate surface area is 263 Å². The first kappa shape index (κ1) is 31.3. The number of aromatic nitrogens is 2. The predicted octanol–water partition coefficient (Wildman–Crippen LogP) is 5.42. The molecule has 1 atom stereocenters. The molecule has 5 rings (SSSR count). The number of halogens is 3. The van der Waals surface area contributed by atoms with Crippen LogP contribution in [-0.2, 0) is 0 Å². The third-order valence-electron chi connectivity index (χ3n) is 7.17. The second-order valence-corrected chi connectivity index (χ2v) is 11.2. The van der Waals surface area contributed by atoms with Crippen molar-refractivity contribution in [1.29, 1.82) is 0 Å². The Kier molecular flexibility index (Phi) is 10.7. The van der Waals surface area contributed by atoms with Gasteiger partial charge in [-0.15, -0.1) is 6.42 Å². The van der Waals surface area contributed by atoms with Crippen LogP contribution in [0.15, 0.2) is 83.5 Å². The number of ether oxygens (including phenoxy) is 2. The fourth-order valence-corrected chi connectivity index (χ4v) is 5.34. The molecular weight excluding hydrogens is 632 g/mol. The zero-order valence-electron chi connectivity index (χ0n) is 23.9. The number of terminal acetylenes is 1. The molecule has 0 amide bonds. The zero-order valence-corrected chi connectivity index (χ0v) is 25.5. The Morgan fingerprint density at radius 1 is 0.909 bits per heavy atom. The van der Waals surface area contributed by atoms with Crippen molar-refractivity contribution in [3.8, 4) is 24.0 Å². The Morgan fingerprint density at radius 2 is 1.52 bits per heavy atom. The summed E-state index contributed by atoms with van der Waals surface area (Å²) < 4.78 is 39.1. The first-order chi connectivity index (χ1) is 21.4. The van der Waals surface area contributed by atoms with E-state index in [1.165, 1.54) is 24.3 Å². The van der Waals surface area contributed by atoms with Crippen LogP contribution in [0.25, 0.3) is 0 Å². The van der Waals surface area contributed by atoms with Gasteiger partial charge < -0.3 is 19.9 Å². The van der Waals surface area contributed by atoms with Crippen molar-refractivity contribution in [2.24, 2.45) is 0 Å². The van der Waals surface area contributed by atoms with E-state index in [1.54, 1.807) is 42.6 Å². The van der Waals surface area contributed by atoms with Crippen LogP contribution in [0.2, 0.25) is 0 Å². The molecule has 8 nitrogen and oxygen atoms in total. The van der Waals surface area contributed by atoms with E-state index in [4.69, 9.17) is 15.9 Å². The highest BCUT2D eigenvalue weighted by molar-refractivity contribution is 9.10. The molecule has 0 saturated carbocycles. The van der Waals surface area contributed by atoms with E-state index in [9.17, 15) is 13.9 Å². The fourth-order valence-electron chi connectivity index (χ4n) is 5.04. The van der Waals surface area contributed by atoms with Crippen LogP contribution in [-0.4, -0.2) is 76.9 Å². The molecule has 1 aliphatic rings. The number of benzene rings is 3. The number of β-amino-alcohol motifs (C(OH)–C–C–N with tert-alkyl or cyclic N) is 1. The average Bonchev–Trinajstić information content (AvgIpc) is 3.04. The Bertz CT molecular complexity index is 1500. The van der Waals surface area contributed by atoms with Gasteiger partial charge in [0.2, 0.25) is 11.8 Å². The van der Waals surface area contributed by atoms with Crippen molar-refractivity contribution in [1.82, 2.24) is 19.8 Å². The summed E-state index contributed by atoms with van der Waals surface area (Å²) in [6.45, 7) is 3.66. The summed E-state index contributed by atoms with van der Waals surface area (Å²) in [6, 6.07) is 20.1. The van der Waals surface area contributed by atoms with E-state index in [0.29, 0.717) is 28.6 Å². The Hall–Kier alpha value is -4.08. The molecule has 2 N–H and O–H groups in total. The lowest BCUT2D eigenvalue weighted by Crippen LogP contribution is -2.50. The second-order valence-electron chi connectivity index (χ2n) is 10.3. The second kappa shape index (κ2) is 15.1. The van der Waals surface area contributed by atoms with Crippen molar-refractivity contribution in [3.63, 3.8) is 0 Å². The number of nitrogens with one attached hydrogen (secondary N) is 1. The minimum Gasteiger partial charge on any atom is -0.491 e. The molecule has 1 fully saturated rings. The molecule has 228 valence electrons. The fraction of sp³-hybridized carbons (Fsp3) is 0.273. The van der Waals surface area contributed by atoms with E-state index in [1.807, 2.05) is 12.1 Å². The zero-order chi connectivity index (χ0) is 30.9. The molecule has 4 aromatic rings. The maximum atomic E-state index is 13.6. The molecule has 44 heavy (non-hydrogen) atoms. The van der Waals surface area contributed by atoms with Gasteiger partial charge in [-0.25, -0.2) is 13.8 Å². The highest BCUT2D eigenvalue weighted by Crippen LogP contribution is 2.30. The summed E-state index contributed by atoms with van der Waals surface area (Å²) in [5.74, 6) is 3.13. The van der Waals surface area contributed by atoms with Crippen molar-refractivity contribution in [2.75, 3.05) is 51.3 Å². The summed E-state index contributed by atoms with van der Waals surface area (Å²) in [4.78, 5) is 13.0.